The minimum Gasteiger partial charge on any atom is -0.507 e. The second kappa shape index (κ2) is 27.8. The van der Waals surface area contributed by atoms with E-state index in [1.807, 2.05) is 133 Å². The van der Waals surface area contributed by atoms with Crippen molar-refractivity contribution in [1.29, 1.82) is 0 Å². The molecule has 97 heavy (non-hydrogen) atoms. The highest BCUT2D eigenvalue weighted by atomic mass is 16.5. The van der Waals surface area contributed by atoms with Crippen LogP contribution in [0.25, 0.3) is 49.9 Å². The summed E-state index contributed by atoms with van der Waals surface area (Å²) >= 11 is 0. The van der Waals surface area contributed by atoms with Crippen molar-refractivity contribution < 1.29 is 43.5 Å². The normalized spacial score (nSPS) is 14.1. The first-order valence-electron chi connectivity index (χ1n) is 31.9. The van der Waals surface area contributed by atoms with Gasteiger partial charge in [-0.3, -0.25) is 0 Å². The van der Waals surface area contributed by atoms with Crippen LogP contribution in [0.3, 0.4) is 0 Å². The average molecular weight is 1280 g/mol. The third-order valence-corrected chi connectivity index (χ3v) is 18.1. The molecule has 12 aromatic rings. The number of ether oxygens (including phenoxy) is 5. The molecule has 0 radical (unpaired) electrons. The smallest absolute Gasteiger partial charge is 0.323 e. The predicted octanol–water partition coefficient (Wildman–Crippen LogP) is 18.1. The molecule has 480 valence electrons. The number of hydrogen-bond acceptors (Lipinski definition) is 9. The first kappa shape index (κ1) is 63.5. The first-order valence-corrected chi connectivity index (χ1v) is 31.9. The summed E-state index contributed by atoms with van der Waals surface area (Å²) in [5, 5.41) is 37.1. The molecule has 0 saturated heterocycles. The van der Waals surface area contributed by atoms with Gasteiger partial charge in [0.2, 0.25) is 0 Å². The van der Waals surface area contributed by atoms with Gasteiger partial charge in [-0.25, -0.2) is 9.59 Å². The average Bonchev–Trinajstić information content (AvgIpc) is 0.718. The molecule has 13 heteroatoms. The number of rotatable bonds is 12. The number of phenols is 1. The fourth-order valence-corrected chi connectivity index (χ4v) is 13.3. The Hall–Kier alpha value is -12.2. The zero-order valence-electron chi connectivity index (χ0n) is 54.0. The summed E-state index contributed by atoms with van der Waals surface area (Å²) in [4.78, 5) is 24.8. The third kappa shape index (κ3) is 12.7. The van der Waals surface area contributed by atoms with Gasteiger partial charge in [-0.1, -0.05) is 176 Å². The maximum absolute atomic E-state index is 12.7. The SMILES string of the molecule is C#CC(O)(c1ccccc1)c1ccc(NC(=O)Nc2ccccc2)cc1.COc1cc2c3c(c4c(c2cc1OC)CCc1ccccc1-4)OC(c1ccccc1)(c1ccc(NC(=O)Nc2ccccc2)cc1)C=C3.COc1cc2cc(O)c3c(c2cc1OC)CCc1ccccc1-3. The fraction of sp³-hybridized carbons (Fsp3) is 0.119. The Balaban J connectivity index is 0.000000145. The Morgan fingerprint density at radius 2 is 0.876 bits per heavy atom. The Bertz CT molecular complexity index is 4960. The largest absolute Gasteiger partial charge is 0.507 e. The highest BCUT2D eigenvalue weighted by Crippen LogP contribution is 2.54. The van der Waals surface area contributed by atoms with Crippen LogP contribution in [0, 0.1) is 12.3 Å². The monoisotopic (exact) mass is 1280 g/mol. The Morgan fingerprint density at radius 3 is 1.40 bits per heavy atom. The molecule has 2 unspecified atom stereocenters. The minimum atomic E-state index is -1.52. The summed E-state index contributed by atoms with van der Waals surface area (Å²) in [6.45, 7) is 0. The van der Waals surface area contributed by atoms with Crippen LogP contribution >= 0.6 is 0 Å². The van der Waals surface area contributed by atoms with E-state index in [-0.39, 0.29) is 12.1 Å². The van der Waals surface area contributed by atoms with E-state index < -0.39 is 11.2 Å². The molecule has 0 aromatic heterocycles. The highest BCUT2D eigenvalue weighted by Gasteiger charge is 2.40. The number of fused-ring (bicyclic) bond motifs is 13. The summed E-state index contributed by atoms with van der Waals surface area (Å²) in [5.41, 5.74) is 13.8. The van der Waals surface area contributed by atoms with Gasteiger partial charge in [-0.2, -0.15) is 0 Å². The zero-order chi connectivity index (χ0) is 67.0. The molecule has 0 bridgehead atoms. The maximum Gasteiger partial charge on any atom is 0.323 e. The van der Waals surface area contributed by atoms with Gasteiger partial charge in [-0.05, 0) is 172 Å². The number of hydrogen-bond donors (Lipinski definition) is 6. The van der Waals surface area contributed by atoms with Crippen LogP contribution in [0.15, 0.2) is 255 Å². The highest BCUT2D eigenvalue weighted by molar-refractivity contribution is 6.06. The number of aromatic hydroxyl groups is 1. The van der Waals surface area contributed by atoms with E-state index in [1.54, 1.807) is 77.0 Å². The van der Waals surface area contributed by atoms with Crippen LogP contribution in [-0.4, -0.2) is 50.7 Å². The number of amides is 4. The molecule has 6 N–H and O–H groups in total. The summed E-state index contributed by atoms with van der Waals surface area (Å²) in [6.07, 6.45) is 13.6. The predicted molar refractivity (Wildman–Crippen MR) is 388 cm³/mol. The van der Waals surface area contributed by atoms with Crippen LogP contribution in [-0.2, 0) is 36.9 Å². The molecule has 15 rings (SSSR count). The molecule has 0 saturated carbocycles. The number of methoxy groups -OCH3 is 4. The Labute approximate surface area is 563 Å². The number of nitrogens with one attached hydrogen (secondary N) is 4. The fourth-order valence-electron chi connectivity index (χ4n) is 13.3. The van der Waals surface area contributed by atoms with Gasteiger partial charge >= 0.3 is 12.1 Å². The summed E-state index contributed by atoms with van der Waals surface area (Å²) in [7, 11) is 6.61. The molecule has 13 nitrogen and oxygen atoms in total. The van der Waals surface area contributed by atoms with Gasteiger partial charge in [0.1, 0.15) is 11.5 Å². The number of phenolic OH excluding ortho intramolecular Hbond substituents is 1. The molecule has 2 aliphatic carbocycles. The minimum absolute atomic E-state index is 0.307. The Kier molecular flexibility index (Phi) is 18.2. The van der Waals surface area contributed by atoms with E-state index in [4.69, 9.17) is 30.1 Å². The van der Waals surface area contributed by atoms with Gasteiger partial charge in [0.15, 0.2) is 34.2 Å². The van der Waals surface area contributed by atoms with E-state index in [1.165, 1.54) is 27.8 Å². The van der Waals surface area contributed by atoms with E-state index in [0.29, 0.717) is 56.9 Å². The molecule has 0 spiro atoms. The lowest BCUT2D eigenvalue weighted by molar-refractivity contribution is 0.145. The zero-order valence-corrected chi connectivity index (χ0v) is 54.0. The number of terminal acetylenes is 1. The number of carbonyl (C=O) groups is 2. The standard InChI is InChI=1S/C42H34N2O4.C22H18N2O2.C20H18O3/c1-46-37-25-35-33-22-17-27-11-9-10-16-32(27)39(33)40-34(36(35)26-38(37)47-2)23-24-42(48-40,28-12-5-3-6-13-28)29-18-20-31(21-19-29)44-41(45)43-30-14-7-4-8-15-30;1-2-22(26,17-9-5-3-6-10-17)18-13-15-20(16-14-18)24-21(25)23-19-11-7-4-8-12-19;1-22-18-10-13-9-17(21)20-14-6-4-3-5-12(14)7-8-15(20)16(13)11-19(18)23-2/h3-16,18-21,23-26H,17,22H2,1-2H3,(H2,43,44,45);1,3-16,26H,(H2,23,24,25);3-6,9-11,21H,7-8H2,1-2H3. The van der Waals surface area contributed by atoms with Crippen molar-refractivity contribution in [1.82, 2.24) is 0 Å². The third-order valence-electron chi connectivity index (χ3n) is 18.1. The second-order valence-electron chi connectivity index (χ2n) is 23.6. The quantitative estimate of drug-likeness (QED) is 0.0652. The molecule has 1 heterocycles. The summed E-state index contributed by atoms with van der Waals surface area (Å²) in [6, 6.07) is 78.8. The maximum atomic E-state index is 12.7. The molecule has 12 aromatic carbocycles. The van der Waals surface area contributed by atoms with Crippen molar-refractivity contribution in [2.24, 2.45) is 0 Å². The number of urea groups is 2. The van der Waals surface area contributed by atoms with Crippen LogP contribution in [0.5, 0.6) is 34.5 Å². The van der Waals surface area contributed by atoms with Crippen molar-refractivity contribution in [2.75, 3.05) is 49.7 Å². The van der Waals surface area contributed by atoms with Gasteiger partial charge in [-0.15, -0.1) is 6.42 Å². The molecular weight excluding hydrogens is 1210 g/mol. The lowest BCUT2D eigenvalue weighted by Gasteiger charge is -2.39. The molecule has 2 atom stereocenters. The van der Waals surface area contributed by atoms with Crippen LogP contribution < -0.4 is 45.0 Å². The molecule has 3 aliphatic rings. The van der Waals surface area contributed by atoms with E-state index in [9.17, 15) is 19.8 Å². The number of para-hydroxylation sites is 2. The Morgan fingerprint density at radius 1 is 0.464 bits per heavy atom. The molecular formula is C84H70N4O9. The topological polar surface area (TPSA) is 169 Å². The lowest BCUT2D eigenvalue weighted by atomic mass is 9.78. The van der Waals surface area contributed by atoms with Gasteiger partial charge in [0, 0.05) is 61.7 Å². The van der Waals surface area contributed by atoms with Crippen LogP contribution in [0.4, 0.5) is 32.3 Å². The van der Waals surface area contributed by atoms with Crippen LogP contribution in [0.1, 0.15) is 50.1 Å². The van der Waals surface area contributed by atoms with E-state index in [2.05, 4.69) is 106 Å². The van der Waals surface area contributed by atoms with Crippen LogP contribution in [0.2, 0.25) is 0 Å². The van der Waals surface area contributed by atoms with Crippen molar-refractivity contribution in [3.63, 3.8) is 0 Å². The van der Waals surface area contributed by atoms with Gasteiger partial charge < -0.3 is 55.2 Å². The molecule has 1 aliphatic heterocycles. The van der Waals surface area contributed by atoms with Crippen molar-refractivity contribution >= 4 is 62.4 Å². The number of aryl methyl sites for hydroxylation is 4. The van der Waals surface area contributed by atoms with E-state index >= 15 is 0 Å². The van der Waals surface area contributed by atoms with Gasteiger partial charge in [0.05, 0.1) is 28.4 Å². The number of anilines is 4. The summed E-state index contributed by atoms with van der Waals surface area (Å²) < 4.78 is 29.8. The number of carbonyl (C=O) groups excluding carboxylic acids is 2. The summed E-state index contributed by atoms with van der Waals surface area (Å²) in [5.74, 6) is 6.40. The first-order chi connectivity index (χ1) is 47.4. The number of benzene rings is 12. The molecule has 4 amide bonds. The van der Waals surface area contributed by atoms with Crippen molar-refractivity contribution in [2.45, 2.75) is 36.9 Å². The molecule has 0 fully saturated rings. The number of aliphatic hydroxyl groups is 1. The lowest BCUT2D eigenvalue weighted by Crippen LogP contribution is -2.35. The van der Waals surface area contributed by atoms with Crippen molar-refractivity contribution in [3.8, 4) is 69.1 Å². The van der Waals surface area contributed by atoms with E-state index in [0.717, 1.165) is 92.0 Å². The second-order valence-corrected chi connectivity index (χ2v) is 23.6. The van der Waals surface area contributed by atoms with Crippen molar-refractivity contribution in [3.05, 3.63) is 305 Å². The van der Waals surface area contributed by atoms with Gasteiger partial charge in [0.25, 0.3) is 0 Å².